The molecule has 0 aliphatic heterocycles. The lowest BCUT2D eigenvalue weighted by Crippen LogP contribution is -2.51. The Bertz CT molecular complexity index is 1030. The Morgan fingerprint density at radius 2 is 1.70 bits per heavy atom. The van der Waals surface area contributed by atoms with E-state index in [2.05, 4.69) is 6.07 Å². The number of rotatable bonds is 4. The lowest BCUT2D eigenvalue weighted by atomic mass is 9.49. The van der Waals surface area contributed by atoms with Crippen LogP contribution in [-0.2, 0) is 4.79 Å². The van der Waals surface area contributed by atoms with Crippen molar-refractivity contribution in [1.82, 2.24) is 0 Å². The Labute approximate surface area is 182 Å². The molecule has 2 aromatic rings. The fourth-order valence-corrected chi connectivity index (χ4v) is 6.44. The number of ether oxygens (including phenoxy) is 1. The molecule has 2 aromatic carbocycles. The van der Waals surface area contributed by atoms with Crippen molar-refractivity contribution in [3.63, 3.8) is 0 Å². The first-order chi connectivity index (χ1) is 14.5. The second-order valence-electron chi connectivity index (χ2n) is 9.34. The third-order valence-corrected chi connectivity index (χ3v) is 7.34. The van der Waals surface area contributed by atoms with Crippen molar-refractivity contribution in [2.75, 3.05) is 0 Å². The summed E-state index contributed by atoms with van der Waals surface area (Å²) >= 11 is 6.07. The standard InChI is InChI=1S/C26H24ClNO2/c27-23-5-2-4-21(12-23)22(16-28)10-17-3-1-6-24(11-17)30-25(29)26-13-18-7-19(14-26)9-20(8-18)15-26/h1-6,10-12,18-20H,7-9,13-15H2/b22-10-. The molecule has 0 heterocycles. The maximum Gasteiger partial charge on any atom is 0.317 e. The van der Waals surface area contributed by atoms with Gasteiger partial charge in [-0.25, -0.2) is 0 Å². The molecule has 30 heavy (non-hydrogen) atoms. The van der Waals surface area contributed by atoms with Gasteiger partial charge in [0.25, 0.3) is 0 Å². The molecule has 0 radical (unpaired) electrons. The first-order valence-electron chi connectivity index (χ1n) is 10.7. The van der Waals surface area contributed by atoms with Crippen molar-refractivity contribution in [1.29, 1.82) is 5.26 Å². The molecule has 3 nitrogen and oxygen atoms in total. The van der Waals surface area contributed by atoms with E-state index in [4.69, 9.17) is 16.3 Å². The molecule has 0 N–H and O–H groups in total. The van der Waals surface area contributed by atoms with Crippen LogP contribution in [0.3, 0.4) is 0 Å². The fourth-order valence-electron chi connectivity index (χ4n) is 6.25. The average molecular weight is 418 g/mol. The van der Waals surface area contributed by atoms with Gasteiger partial charge in [-0.05, 0) is 97.7 Å². The van der Waals surface area contributed by atoms with Gasteiger partial charge in [0.15, 0.2) is 0 Å². The lowest BCUT2D eigenvalue weighted by Gasteiger charge is -2.55. The number of esters is 1. The summed E-state index contributed by atoms with van der Waals surface area (Å²) in [6.07, 6.45) is 8.67. The van der Waals surface area contributed by atoms with Crippen LogP contribution in [0.1, 0.15) is 49.7 Å². The van der Waals surface area contributed by atoms with Crippen molar-refractivity contribution >= 4 is 29.2 Å². The summed E-state index contributed by atoms with van der Waals surface area (Å²) in [5.74, 6) is 2.60. The van der Waals surface area contributed by atoms with E-state index in [1.807, 2.05) is 36.4 Å². The minimum Gasteiger partial charge on any atom is -0.426 e. The average Bonchev–Trinajstić information content (AvgIpc) is 2.71. The monoisotopic (exact) mass is 417 g/mol. The van der Waals surface area contributed by atoms with E-state index in [9.17, 15) is 10.1 Å². The molecule has 0 saturated heterocycles. The van der Waals surface area contributed by atoms with Gasteiger partial charge in [0.05, 0.1) is 17.1 Å². The molecular weight excluding hydrogens is 394 g/mol. The van der Waals surface area contributed by atoms with Gasteiger partial charge in [-0.1, -0.05) is 35.9 Å². The normalized spacial score (nSPS) is 29.5. The molecular formula is C26H24ClNO2. The molecule has 4 aliphatic rings. The molecule has 4 heteroatoms. The first kappa shape index (κ1) is 19.4. The topological polar surface area (TPSA) is 50.1 Å². The summed E-state index contributed by atoms with van der Waals surface area (Å²) in [7, 11) is 0. The van der Waals surface area contributed by atoms with Gasteiger partial charge in [-0.15, -0.1) is 0 Å². The van der Waals surface area contributed by atoms with Crippen LogP contribution in [0.2, 0.25) is 5.02 Å². The van der Waals surface area contributed by atoms with E-state index in [1.54, 1.807) is 18.2 Å². The Balaban J connectivity index is 1.36. The van der Waals surface area contributed by atoms with Crippen LogP contribution < -0.4 is 4.74 Å². The van der Waals surface area contributed by atoms with Crippen LogP contribution in [0.4, 0.5) is 0 Å². The van der Waals surface area contributed by atoms with E-state index in [0.29, 0.717) is 34.1 Å². The van der Waals surface area contributed by atoms with Gasteiger partial charge >= 0.3 is 5.97 Å². The Morgan fingerprint density at radius 1 is 1.03 bits per heavy atom. The minimum absolute atomic E-state index is 0.0573. The van der Waals surface area contributed by atoms with E-state index < -0.39 is 0 Å². The zero-order chi connectivity index (χ0) is 20.7. The number of nitriles is 1. The van der Waals surface area contributed by atoms with Crippen molar-refractivity contribution < 1.29 is 9.53 Å². The number of nitrogens with zero attached hydrogens (tertiary/aromatic N) is 1. The van der Waals surface area contributed by atoms with Gasteiger partial charge in [0.1, 0.15) is 5.75 Å². The summed E-state index contributed by atoms with van der Waals surface area (Å²) < 4.78 is 5.91. The highest BCUT2D eigenvalue weighted by atomic mass is 35.5. The Kier molecular flexibility index (Phi) is 4.91. The van der Waals surface area contributed by atoms with Gasteiger partial charge in [0, 0.05) is 5.02 Å². The van der Waals surface area contributed by atoms with Crippen LogP contribution in [0, 0.1) is 34.5 Å². The zero-order valence-corrected chi connectivity index (χ0v) is 17.6. The summed E-state index contributed by atoms with van der Waals surface area (Å²) in [5, 5.41) is 10.2. The summed E-state index contributed by atoms with van der Waals surface area (Å²) in [5.41, 5.74) is 1.82. The second-order valence-corrected chi connectivity index (χ2v) is 9.78. The van der Waals surface area contributed by atoms with E-state index in [1.165, 1.54) is 19.3 Å². The highest BCUT2D eigenvalue weighted by Crippen LogP contribution is 2.60. The number of hydrogen-bond donors (Lipinski definition) is 0. The van der Waals surface area contributed by atoms with E-state index in [-0.39, 0.29) is 11.4 Å². The third-order valence-electron chi connectivity index (χ3n) is 7.11. The summed E-state index contributed by atoms with van der Waals surface area (Å²) in [6, 6.07) is 16.9. The lowest BCUT2D eigenvalue weighted by molar-refractivity contribution is -0.161. The van der Waals surface area contributed by atoms with Gasteiger partial charge < -0.3 is 4.74 Å². The fraction of sp³-hybridized carbons (Fsp3) is 0.385. The van der Waals surface area contributed by atoms with Gasteiger partial charge in [0.2, 0.25) is 0 Å². The number of halogens is 1. The van der Waals surface area contributed by atoms with Crippen molar-refractivity contribution in [2.45, 2.75) is 38.5 Å². The predicted molar refractivity (Wildman–Crippen MR) is 118 cm³/mol. The molecule has 4 aliphatic carbocycles. The number of carbonyl (C=O) groups is 1. The number of allylic oxidation sites excluding steroid dienone is 1. The highest BCUT2D eigenvalue weighted by Gasteiger charge is 2.55. The molecule has 0 aromatic heterocycles. The number of carbonyl (C=O) groups excluding carboxylic acids is 1. The summed E-state index contributed by atoms with van der Waals surface area (Å²) in [4.78, 5) is 13.2. The minimum atomic E-state index is -0.279. The van der Waals surface area contributed by atoms with Gasteiger partial charge in [-0.2, -0.15) is 5.26 Å². The smallest absolute Gasteiger partial charge is 0.317 e. The van der Waals surface area contributed by atoms with Crippen LogP contribution in [0.15, 0.2) is 48.5 Å². The molecule has 0 spiro atoms. The summed E-state index contributed by atoms with van der Waals surface area (Å²) in [6.45, 7) is 0. The zero-order valence-electron chi connectivity index (χ0n) is 16.8. The first-order valence-corrected chi connectivity index (χ1v) is 11.1. The van der Waals surface area contributed by atoms with Gasteiger partial charge in [-0.3, -0.25) is 4.79 Å². The molecule has 4 saturated carbocycles. The number of hydrogen-bond acceptors (Lipinski definition) is 3. The second kappa shape index (κ2) is 7.60. The molecule has 0 atom stereocenters. The molecule has 152 valence electrons. The maximum absolute atomic E-state index is 13.2. The van der Waals surface area contributed by atoms with E-state index >= 15 is 0 Å². The number of benzene rings is 2. The van der Waals surface area contributed by atoms with Crippen molar-refractivity contribution in [2.24, 2.45) is 23.2 Å². The molecule has 4 bridgehead atoms. The predicted octanol–water partition coefficient (Wildman–Crippen LogP) is 6.53. The quantitative estimate of drug-likeness (QED) is 0.246. The molecule has 0 amide bonds. The highest BCUT2D eigenvalue weighted by molar-refractivity contribution is 6.30. The largest absolute Gasteiger partial charge is 0.426 e. The van der Waals surface area contributed by atoms with Crippen LogP contribution in [0.25, 0.3) is 11.6 Å². The van der Waals surface area contributed by atoms with Crippen LogP contribution in [0.5, 0.6) is 5.75 Å². The van der Waals surface area contributed by atoms with Crippen molar-refractivity contribution in [3.05, 3.63) is 64.7 Å². The molecule has 4 fully saturated rings. The third kappa shape index (κ3) is 3.66. The Hall–Kier alpha value is -2.57. The maximum atomic E-state index is 13.2. The van der Waals surface area contributed by atoms with Crippen molar-refractivity contribution in [3.8, 4) is 11.8 Å². The van der Waals surface area contributed by atoms with E-state index in [0.717, 1.165) is 30.4 Å². The van der Waals surface area contributed by atoms with Crippen LogP contribution >= 0.6 is 11.6 Å². The molecule has 0 unspecified atom stereocenters. The Morgan fingerprint density at radius 3 is 2.33 bits per heavy atom. The molecule has 6 rings (SSSR count). The van der Waals surface area contributed by atoms with Crippen LogP contribution in [-0.4, -0.2) is 5.97 Å². The SMILES string of the molecule is N#C/C(=C/c1cccc(OC(=O)C23CC4CC(CC(C4)C2)C3)c1)c1cccc(Cl)c1.